The minimum absolute atomic E-state index is 0.0965. The molecule has 5 heteroatoms. The van der Waals surface area contributed by atoms with Crippen LogP contribution in [0.1, 0.15) is 0 Å². The van der Waals surface area contributed by atoms with Gasteiger partial charge in [0.25, 0.3) is 0 Å². The van der Waals surface area contributed by atoms with E-state index in [4.69, 9.17) is 46.4 Å². The minimum atomic E-state index is -0.951. The Morgan fingerprint density at radius 3 is 2.36 bits per heavy atom. The average Bonchev–Trinajstić information content (AvgIpc) is 1.97. The molecule has 0 fully saturated rings. The van der Waals surface area contributed by atoms with Crippen molar-refractivity contribution in [2.75, 3.05) is 0 Å². The van der Waals surface area contributed by atoms with Crippen molar-refractivity contribution < 1.29 is 5.11 Å². The monoisotopic (exact) mass is 232 g/mol. The van der Waals surface area contributed by atoms with Crippen molar-refractivity contribution in [2.45, 2.75) is 11.5 Å². The fourth-order valence-electron chi connectivity index (χ4n) is 0.688. The van der Waals surface area contributed by atoms with Crippen LogP contribution in [0.3, 0.4) is 0 Å². The van der Waals surface area contributed by atoms with Gasteiger partial charge in [-0.3, -0.25) is 0 Å². The van der Waals surface area contributed by atoms with Crippen LogP contribution in [-0.2, 0) is 0 Å². The maximum atomic E-state index is 9.22. The van der Waals surface area contributed by atoms with E-state index in [2.05, 4.69) is 0 Å². The van der Waals surface area contributed by atoms with Gasteiger partial charge < -0.3 is 5.11 Å². The number of hydrogen-bond donors (Lipinski definition) is 1. The second-order valence-corrected chi connectivity index (χ2v) is 3.76. The molecule has 0 radical (unpaired) electrons. The summed E-state index contributed by atoms with van der Waals surface area (Å²) < 4.78 is 0. The molecule has 11 heavy (non-hydrogen) atoms. The Balaban J connectivity index is 3.02. The molecule has 1 N–H and O–H groups in total. The third-order valence-electron chi connectivity index (χ3n) is 1.29. The van der Waals surface area contributed by atoms with E-state index in [-0.39, 0.29) is 15.1 Å². The van der Waals surface area contributed by atoms with E-state index in [9.17, 15) is 5.11 Å². The van der Waals surface area contributed by atoms with Crippen LogP contribution >= 0.6 is 46.4 Å². The van der Waals surface area contributed by atoms with E-state index in [0.29, 0.717) is 0 Å². The van der Waals surface area contributed by atoms with Gasteiger partial charge >= 0.3 is 0 Å². The van der Waals surface area contributed by atoms with Gasteiger partial charge in [0, 0.05) is 0 Å². The van der Waals surface area contributed by atoms with Crippen molar-refractivity contribution in [1.82, 2.24) is 0 Å². The molecule has 0 aromatic rings. The molecule has 1 nitrogen and oxygen atoms in total. The zero-order valence-electron chi connectivity index (χ0n) is 5.19. The molecule has 0 saturated heterocycles. The van der Waals surface area contributed by atoms with Gasteiger partial charge in [0.2, 0.25) is 0 Å². The van der Waals surface area contributed by atoms with Crippen molar-refractivity contribution in [3.8, 4) is 0 Å². The lowest BCUT2D eigenvalue weighted by Gasteiger charge is -2.19. The molecule has 0 heterocycles. The molecule has 1 rings (SSSR count). The number of hydrogen-bond acceptors (Lipinski definition) is 1. The van der Waals surface area contributed by atoms with Crippen molar-refractivity contribution in [3.63, 3.8) is 0 Å². The van der Waals surface area contributed by atoms with Crippen LogP contribution in [0.5, 0.6) is 0 Å². The zero-order chi connectivity index (χ0) is 8.59. The quantitative estimate of drug-likeness (QED) is 0.639. The zero-order valence-corrected chi connectivity index (χ0v) is 8.21. The van der Waals surface area contributed by atoms with Crippen LogP contribution in [0.15, 0.2) is 21.2 Å². The van der Waals surface area contributed by atoms with Crippen molar-refractivity contribution in [1.29, 1.82) is 0 Å². The lowest BCUT2D eigenvalue weighted by Crippen LogP contribution is -2.23. The van der Waals surface area contributed by atoms with Gasteiger partial charge in [-0.2, -0.15) is 0 Å². The predicted octanol–water partition coefficient (Wildman–Crippen LogP) is 2.78. The molecule has 1 aliphatic carbocycles. The van der Waals surface area contributed by atoms with Crippen LogP contribution in [0.4, 0.5) is 0 Å². The van der Waals surface area contributed by atoms with Gasteiger partial charge in [-0.05, 0) is 6.08 Å². The Morgan fingerprint density at radius 1 is 1.27 bits per heavy atom. The first-order valence-electron chi connectivity index (χ1n) is 2.79. The minimum Gasteiger partial charge on any atom is -0.386 e. The molecular weight excluding hydrogens is 230 g/mol. The summed E-state index contributed by atoms with van der Waals surface area (Å²) in [5.74, 6) is 0. The van der Waals surface area contributed by atoms with Crippen LogP contribution in [0, 0.1) is 0 Å². The summed E-state index contributed by atoms with van der Waals surface area (Å²) in [4.78, 5) is 0. The van der Waals surface area contributed by atoms with E-state index in [1.165, 1.54) is 6.08 Å². The Kier molecular flexibility index (Phi) is 3.12. The largest absolute Gasteiger partial charge is 0.386 e. The van der Waals surface area contributed by atoms with E-state index in [1.807, 2.05) is 0 Å². The maximum absolute atomic E-state index is 9.22. The van der Waals surface area contributed by atoms with Gasteiger partial charge in [-0.1, -0.05) is 34.8 Å². The molecule has 2 atom stereocenters. The number of allylic oxidation sites excluding steroid dienone is 2. The molecule has 0 aliphatic heterocycles. The summed E-state index contributed by atoms with van der Waals surface area (Å²) in [6.07, 6.45) is 0.496. The SMILES string of the molecule is OC1C(Cl)=C(Cl)C(Cl)=CC1Cl. The Labute approximate surface area is 84.2 Å². The van der Waals surface area contributed by atoms with E-state index in [0.717, 1.165) is 0 Å². The Hall–Kier alpha value is 0.600. The van der Waals surface area contributed by atoms with Gasteiger partial charge in [0.05, 0.1) is 20.5 Å². The smallest absolute Gasteiger partial charge is 0.111 e. The molecule has 0 bridgehead atoms. The summed E-state index contributed by atoms with van der Waals surface area (Å²) in [6, 6.07) is 0. The van der Waals surface area contributed by atoms with Gasteiger partial charge in [-0.25, -0.2) is 0 Å². The number of aliphatic hydroxyl groups is 1. The van der Waals surface area contributed by atoms with Crippen LogP contribution in [0.25, 0.3) is 0 Å². The van der Waals surface area contributed by atoms with Crippen LogP contribution < -0.4 is 0 Å². The summed E-state index contributed by atoms with van der Waals surface area (Å²) in [5.41, 5.74) is 0. The summed E-state index contributed by atoms with van der Waals surface area (Å²) in [5, 5.41) is 9.17. The number of rotatable bonds is 0. The third-order valence-corrected chi connectivity index (χ3v) is 2.98. The van der Waals surface area contributed by atoms with Crippen molar-refractivity contribution >= 4 is 46.4 Å². The highest BCUT2D eigenvalue weighted by molar-refractivity contribution is 6.49. The molecule has 2 unspecified atom stereocenters. The highest BCUT2D eigenvalue weighted by atomic mass is 35.5. The first-order chi connectivity index (χ1) is 5.04. The maximum Gasteiger partial charge on any atom is 0.111 e. The third kappa shape index (κ3) is 1.85. The molecular formula is C6H4Cl4O. The van der Waals surface area contributed by atoms with Gasteiger partial charge in [-0.15, -0.1) is 11.6 Å². The molecule has 62 valence electrons. The van der Waals surface area contributed by atoms with Crippen LogP contribution in [-0.4, -0.2) is 16.6 Å². The molecule has 0 spiro atoms. The average molecular weight is 234 g/mol. The summed E-state index contributed by atoms with van der Waals surface area (Å²) >= 11 is 22.4. The van der Waals surface area contributed by atoms with Crippen molar-refractivity contribution in [2.24, 2.45) is 0 Å². The van der Waals surface area contributed by atoms with Crippen molar-refractivity contribution in [3.05, 3.63) is 21.2 Å². The number of alkyl halides is 1. The van der Waals surface area contributed by atoms with Gasteiger partial charge in [0.15, 0.2) is 0 Å². The highest BCUT2D eigenvalue weighted by Gasteiger charge is 2.26. The molecule has 0 saturated carbocycles. The lowest BCUT2D eigenvalue weighted by molar-refractivity contribution is 0.223. The molecule has 0 aromatic heterocycles. The Bertz CT molecular complexity index is 233. The second-order valence-electron chi connectivity index (χ2n) is 2.07. The molecule has 0 amide bonds. The fourth-order valence-corrected chi connectivity index (χ4v) is 1.77. The second kappa shape index (κ2) is 3.55. The number of halogens is 4. The summed E-state index contributed by atoms with van der Waals surface area (Å²) in [7, 11) is 0. The molecule has 1 aliphatic rings. The normalized spacial score (nSPS) is 32.3. The standard InChI is InChI=1S/C6H4Cl4O/c7-2-1-3(8)6(11)5(10)4(2)9/h1,3,6,11H. The van der Waals surface area contributed by atoms with Gasteiger partial charge in [0.1, 0.15) is 6.10 Å². The number of aliphatic hydroxyl groups excluding tert-OH is 1. The predicted molar refractivity (Wildman–Crippen MR) is 48.3 cm³/mol. The van der Waals surface area contributed by atoms with E-state index >= 15 is 0 Å². The van der Waals surface area contributed by atoms with E-state index < -0.39 is 11.5 Å². The Morgan fingerprint density at radius 2 is 1.82 bits per heavy atom. The first kappa shape index (κ1) is 9.69. The van der Waals surface area contributed by atoms with Crippen LogP contribution in [0.2, 0.25) is 0 Å². The lowest BCUT2D eigenvalue weighted by atomic mass is 10.1. The topological polar surface area (TPSA) is 20.2 Å². The van der Waals surface area contributed by atoms with E-state index in [1.54, 1.807) is 0 Å². The fraction of sp³-hybridized carbons (Fsp3) is 0.333. The first-order valence-corrected chi connectivity index (χ1v) is 4.36. The summed E-state index contributed by atoms with van der Waals surface area (Å²) in [6.45, 7) is 0. The molecule has 0 aromatic carbocycles. The highest BCUT2D eigenvalue weighted by Crippen LogP contribution is 2.34.